The van der Waals surface area contributed by atoms with Crippen molar-refractivity contribution in [3.63, 3.8) is 0 Å². The number of aromatic amines is 1. The van der Waals surface area contributed by atoms with Crippen molar-refractivity contribution in [2.75, 3.05) is 6.61 Å². The number of fused-ring (bicyclic) bond motifs is 1. The Kier molecular flexibility index (Phi) is 7.38. The van der Waals surface area contributed by atoms with E-state index in [2.05, 4.69) is 37.9 Å². The maximum Gasteiger partial charge on any atom is 0.140 e. The number of H-pyrrole nitrogens is 1. The minimum atomic E-state index is 0.657. The summed E-state index contributed by atoms with van der Waals surface area (Å²) in [6.45, 7) is 7.21. The van der Waals surface area contributed by atoms with E-state index in [-0.39, 0.29) is 0 Å². The van der Waals surface area contributed by atoms with Crippen molar-refractivity contribution >= 4 is 22.6 Å². The molecule has 28 heavy (non-hydrogen) atoms. The van der Waals surface area contributed by atoms with Crippen LogP contribution in [0.3, 0.4) is 0 Å². The third kappa shape index (κ3) is 5.29. The van der Waals surface area contributed by atoms with E-state index in [9.17, 15) is 0 Å². The fourth-order valence-corrected chi connectivity index (χ4v) is 3.68. The predicted molar refractivity (Wildman–Crippen MR) is 120 cm³/mol. The van der Waals surface area contributed by atoms with Gasteiger partial charge in [-0.05, 0) is 61.7 Å². The molecule has 0 unspecified atom stereocenters. The Morgan fingerprint density at radius 3 is 2.39 bits per heavy atom. The quantitative estimate of drug-likeness (QED) is 0.356. The van der Waals surface area contributed by atoms with Crippen molar-refractivity contribution in [2.24, 2.45) is 0 Å². The second-order valence-electron chi connectivity index (χ2n) is 7.65. The number of aromatic nitrogens is 2. The molecule has 3 aromatic rings. The number of aryl methyl sites for hydroxylation is 2. The number of halogens is 1. The van der Waals surface area contributed by atoms with Crippen molar-refractivity contribution in [3.05, 3.63) is 46.5 Å². The molecule has 1 aromatic heterocycles. The van der Waals surface area contributed by atoms with Crippen LogP contribution in [0.1, 0.15) is 63.0 Å². The maximum absolute atomic E-state index is 6.53. The van der Waals surface area contributed by atoms with E-state index < -0.39 is 0 Å². The fraction of sp³-hybridized carbons (Fsp3) is 0.458. The smallest absolute Gasteiger partial charge is 0.140 e. The minimum Gasteiger partial charge on any atom is -0.494 e. The van der Waals surface area contributed by atoms with Crippen LogP contribution < -0.4 is 4.74 Å². The Labute approximate surface area is 173 Å². The first kappa shape index (κ1) is 20.7. The lowest BCUT2D eigenvalue weighted by Crippen LogP contribution is -1.97. The first-order chi connectivity index (χ1) is 13.6. The molecule has 3 rings (SSSR count). The van der Waals surface area contributed by atoms with Gasteiger partial charge in [-0.3, -0.25) is 0 Å². The molecule has 3 nitrogen and oxygen atoms in total. The van der Waals surface area contributed by atoms with E-state index in [1.54, 1.807) is 0 Å². The van der Waals surface area contributed by atoms with Crippen LogP contribution in [0.5, 0.6) is 5.75 Å². The van der Waals surface area contributed by atoms with E-state index in [1.165, 1.54) is 49.7 Å². The van der Waals surface area contributed by atoms with Gasteiger partial charge in [-0.15, -0.1) is 0 Å². The minimum absolute atomic E-state index is 0.657. The van der Waals surface area contributed by atoms with Gasteiger partial charge in [0.15, 0.2) is 0 Å². The Bertz CT molecular complexity index is 877. The van der Waals surface area contributed by atoms with Crippen LogP contribution in [0, 0.1) is 13.8 Å². The zero-order valence-electron chi connectivity index (χ0n) is 17.3. The number of ether oxygens (including phenoxy) is 1. The van der Waals surface area contributed by atoms with Gasteiger partial charge < -0.3 is 9.72 Å². The maximum atomic E-state index is 6.53. The van der Waals surface area contributed by atoms with Crippen molar-refractivity contribution < 1.29 is 4.74 Å². The third-order valence-electron chi connectivity index (χ3n) is 5.31. The zero-order chi connectivity index (χ0) is 19.9. The van der Waals surface area contributed by atoms with Gasteiger partial charge in [-0.25, -0.2) is 4.98 Å². The van der Waals surface area contributed by atoms with E-state index in [0.717, 1.165) is 41.2 Å². The van der Waals surface area contributed by atoms with Gasteiger partial charge in [-0.1, -0.05) is 57.0 Å². The number of hydrogen-bond acceptors (Lipinski definition) is 2. The van der Waals surface area contributed by atoms with Gasteiger partial charge in [0, 0.05) is 5.56 Å². The molecule has 1 heterocycles. The summed E-state index contributed by atoms with van der Waals surface area (Å²) < 4.78 is 5.88. The summed E-state index contributed by atoms with van der Waals surface area (Å²) in [5.74, 6) is 1.62. The van der Waals surface area contributed by atoms with Gasteiger partial charge in [0.1, 0.15) is 11.6 Å². The fourth-order valence-electron chi connectivity index (χ4n) is 3.42. The molecule has 0 atom stereocenters. The Morgan fingerprint density at radius 2 is 1.64 bits per heavy atom. The number of nitrogens with one attached hydrogen (secondary N) is 1. The molecular weight excluding hydrogens is 368 g/mol. The summed E-state index contributed by atoms with van der Waals surface area (Å²) in [4.78, 5) is 8.10. The molecule has 0 radical (unpaired) electrons. The number of benzene rings is 2. The summed E-state index contributed by atoms with van der Waals surface area (Å²) in [5.41, 5.74) is 5.40. The van der Waals surface area contributed by atoms with Crippen molar-refractivity contribution in [3.8, 4) is 17.1 Å². The average molecular weight is 399 g/mol. The highest BCUT2D eigenvalue weighted by Gasteiger charge is 2.11. The van der Waals surface area contributed by atoms with Crippen LogP contribution in [0.4, 0.5) is 0 Å². The van der Waals surface area contributed by atoms with E-state index in [1.807, 2.05) is 18.2 Å². The van der Waals surface area contributed by atoms with Crippen LogP contribution in [0.15, 0.2) is 30.3 Å². The molecule has 0 bridgehead atoms. The molecule has 150 valence electrons. The lowest BCUT2D eigenvalue weighted by Gasteiger charge is -2.08. The SMILES string of the molecule is CCCCCCCCCOc1ccc(-c2nc3cc(C)c(C)cc3[nH]2)c(Cl)c1. The van der Waals surface area contributed by atoms with Gasteiger partial charge in [0.2, 0.25) is 0 Å². The second-order valence-corrected chi connectivity index (χ2v) is 8.06. The van der Waals surface area contributed by atoms with Crippen molar-refractivity contribution in [2.45, 2.75) is 65.7 Å². The first-order valence-electron chi connectivity index (χ1n) is 10.5. The van der Waals surface area contributed by atoms with Gasteiger partial charge in [0.25, 0.3) is 0 Å². The molecule has 2 aromatic carbocycles. The molecule has 0 saturated heterocycles. The highest BCUT2D eigenvalue weighted by molar-refractivity contribution is 6.33. The molecule has 0 aliphatic rings. The summed E-state index contributed by atoms with van der Waals surface area (Å²) in [6.07, 6.45) is 8.97. The Balaban J connectivity index is 1.57. The van der Waals surface area contributed by atoms with Crippen LogP contribution in [-0.4, -0.2) is 16.6 Å². The van der Waals surface area contributed by atoms with Crippen molar-refractivity contribution in [1.29, 1.82) is 0 Å². The van der Waals surface area contributed by atoms with E-state index in [4.69, 9.17) is 21.3 Å². The van der Waals surface area contributed by atoms with Crippen molar-refractivity contribution in [1.82, 2.24) is 9.97 Å². The van der Waals surface area contributed by atoms with Crippen LogP contribution >= 0.6 is 11.6 Å². The number of imidazole rings is 1. The lowest BCUT2D eigenvalue weighted by molar-refractivity contribution is 0.304. The molecule has 0 aliphatic heterocycles. The number of hydrogen-bond donors (Lipinski definition) is 1. The topological polar surface area (TPSA) is 37.9 Å². The van der Waals surface area contributed by atoms with Gasteiger partial charge >= 0.3 is 0 Å². The molecule has 0 fully saturated rings. The van der Waals surface area contributed by atoms with E-state index in [0.29, 0.717) is 5.02 Å². The molecule has 0 amide bonds. The number of unbranched alkanes of at least 4 members (excludes halogenated alkanes) is 6. The first-order valence-corrected chi connectivity index (χ1v) is 10.9. The second kappa shape index (κ2) is 9.97. The predicted octanol–water partition coefficient (Wildman–Crippen LogP) is 7.63. The Morgan fingerprint density at radius 1 is 0.929 bits per heavy atom. The summed E-state index contributed by atoms with van der Waals surface area (Å²) in [6, 6.07) is 10.1. The van der Waals surface area contributed by atoms with E-state index >= 15 is 0 Å². The van der Waals surface area contributed by atoms with Gasteiger partial charge in [0.05, 0.1) is 22.7 Å². The molecular formula is C24H31ClN2O. The largest absolute Gasteiger partial charge is 0.494 e. The van der Waals surface area contributed by atoms with Crippen LogP contribution in [-0.2, 0) is 0 Å². The zero-order valence-corrected chi connectivity index (χ0v) is 18.0. The molecule has 0 saturated carbocycles. The van der Waals surface area contributed by atoms with Gasteiger partial charge in [-0.2, -0.15) is 0 Å². The summed E-state index contributed by atoms with van der Waals surface area (Å²) in [7, 11) is 0. The normalized spacial score (nSPS) is 11.3. The van der Waals surface area contributed by atoms with Crippen LogP contribution in [0.25, 0.3) is 22.4 Å². The highest BCUT2D eigenvalue weighted by Crippen LogP contribution is 2.31. The lowest BCUT2D eigenvalue weighted by atomic mass is 10.1. The average Bonchev–Trinajstić information content (AvgIpc) is 3.06. The summed E-state index contributed by atoms with van der Waals surface area (Å²) in [5, 5.41) is 0.657. The molecule has 4 heteroatoms. The van der Waals surface area contributed by atoms with Crippen LogP contribution in [0.2, 0.25) is 5.02 Å². The monoisotopic (exact) mass is 398 g/mol. The molecule has 0 aliphatic carbocycles. The number of rotatable bonds is 10. The Hall–Kier alpha value is -2.00. The number of nitrogens with zero attached hydrogens (tertiary/aromatic N) is 1. The summed E-state index contributed by atoms with van der Waals surface area (Å²) >= 11 is 6.53. The third-order valence-corrected chi connectivity index (χ3v) is 5.62. The molecule has 1 N–H and O–H groups in total. The molecule has 0 spiro atoms. The standard InChI is InChI=1S/C24H31ClN2O/c1-4-5-6-7-8-9-10-13-28-19-11-12-20(21(25)16-19)24-26-22-14-17(2)18(3)15-23(22)27-24/h11-12,14-16H,4-10,13H2,1-3H3,(H,26,27). The highest BCUT2D eigenvalue weighted by atomic mass is 35.5.